The van der Waals surface area contributed by atoms with Gasteiger partial charge in [0, 0.05) is 0 Å². The number of ether oxygens (including phenoxy) is 1. The van der Waals surface area contributed by atoms with Gasteiger partial charge in [-0.05, 0) is 52.0 Å². The lowest BCUT2D eigenvalue weighted by Gasteiger charge is -2.20. The summed E-state index contributed by atoms with van der Waals surface area (Å²) >= 11 is 0. The van der Waals surface area contributed by atoms with Gasteiger partial charge in [0.25, 0.3) is 20.0 Å². The van der Waals surface area contributed by atoms with Gasteiger partial charge in [0.1, 0.15) is 11.6 Å². The molecular weight excluding hydrogens is 416 g/mol. The van der Waals surface area contributed by atoms with Crippen molar-refractivity contribution in [2.45, 2.75) is 49.1 Å². The Bertz CT molecular complexity index is 930. The van der Waals surface area contributed by atoms with Crippen LogP contribution in [0.4, 0.5) is 0 Å². The largest absolute Gasteiger partial charge is 0.459 e. The lowest BCUT2D eigenvalue weighted by atomic mass is 10.2. The number of carbonyl (C=O) groups excluding carboxylic acids is 1. The summed E-state index contributed by atoms with van der Waals surface area (Å²) in [6.45, 7) is 7.04. The highest BCUT2D eigenvalue weighted by atomic mass is 32.3. The fraction of sp³-hybridized carbons (Fsp3) is 0.316. The Balaban J connectivity index is 0.000000359. The third-order valence-corrected chi connectivity index (χ3v) is 6.65. The maximum atomic E-state index is 11.9. The van der Waals surface area contributed by atoms with E-state index in [1.807, 2.05) is 20.8 Å². The Morgan fingerprint density at radius 1 is 0.862 bits per heavy atom. The molecule has 0 aliphatic heterocycles. The summed E-state index contributed by atoms with van der Waals surface area (Å²) in [6, 6.07) is 14.1. The molecule has 2 rings (SSSR count). The highest BCUT2D eigenvalue weighted by molar-refractivity contribution is 8.04. The van der Waals surface area contributed by atoms with Crippen LogP contribution in [0.5, 0.6) is 0 Å². The summed E-state index contributed by atoms with van der Waals surface area (Å²) in [7, 11) is -8.21. The molecule has 0 saturated heterocycles. The second kappa shape index (κ2) is 9.97. The first kappa shape index (κ1) is 24.8. The zero-order valence-corrected chi connectivity index (χ0v) is 18.3. The molecule has 2 aromatic rings. The molecule has 2 aromatic carbocycles. The number of benzene rings is 2. The Morgan fingerprint density at radius 3 is 1.45 bits per heavy atom. The molecule has 1 unspecified atom stereocenters. The number of rotatable bonds is 5. The van der Waals surface area contributed by atoms with Crippen molar-refractivity contribution in [1.82, 2.24) is 4.13 Å². The van der Waals surface area contributed by atoms with Crippen LogP contribution >= 0.6 is 0 Å². The Morgan fingerprint density at radius 2 is 1.21 bits per heavy atom. The molecule has 3 N–H and O–H groups in total. The molecule has 0 radical (unpaired) electrons. The minimum atomic E-state index is -4.10. The van der Waals surface area contributed by atoms with Gasteiger partial charge in [-0.1, -0.05) is 36.4 Å². The third kappa shape index (κ3) is 8.73. The molecule has 1 atom stereocenters. The first-order valence-corrected chi connectivity index (χ1v) is 11.6. The lowest BCUT2D eigenvalue weighted by molar-refractivity contribution is -0.155. The minimum Gasteiger partial charge on any atom is -0.459 e. The highest BCUT2D eigenvalue weighted by Crippen LogP contribution is 2.13. The molecule has 0 saturated carbocycles. The molecule has 0 spiro atoms. The molecule has 0 fully saturated rings. The molecule has 0 amide bonds. The van der Waals surface area contributed by atoms with Crippen LogP contribution < -0.4 is 9.86 Å². The van der Waals surface area contributed by atoms with Crippen molar-refractivity contribution in [2.75, 3.05) is 0 Å². The van der Waals surface area contributed by atoms with Gasteiger partial charge in [-0.2, -0.15) is 0 Å². The predicted molar refractivity (Wildman–Crippen MR) is 110 cm³/mol. The zero-order valence-electron chi connectivity index (χ0n) is 16.7. The standard InChI is InChI=1S/C12H11NO4S2.C7H15NO2/c14-18(15,11-7-3-1-4-8-11)13-19(16,17)12-9-5-2-6-10-12;1-5(8)6(9)10-7(2,3)4/h1-10,13H;5H,8H2,1-4H3. The predicted octanol–water partition coefficient (Wildman–Crippen LogP) is 2.03. The number of nitrogens with one attached hydrogen (secondary N) is 1. The minimum absolute atomic E-state index is 0.102. The van der Waals surface area contributed by atoms with E-state index in [9.17, 15) is 21.6 Å². The quantitative estimate of drug-likeness (QED) is 0.677. The van der Waals surface area contributed by atoms with Crippen molar-refractivity contribution in [2.24, 2.45) is 5.73 Å². The van der Waals surface area contributed by atoms with Crippen LogP contribution in [0.3, 0.4) is 0 Å². The van der Waals surface area contributed by atoms with E-state index in [1.165, 1.54) is 48.5 Å². The molecule has 0 aromatic heterocycles. The Kier molecular flexibility index (Phi) is 8.51. The second-order valence-corrected chi connectivity index (χ2v) is 10.7. The average Bonchev–Trinajstić information content (AvgIpc) is 2.61. The van der Waals surface area contributed by atoms with E-state index in [1.54, 1.807) is 23.2 Å². The molecule has 0 heterocycles. The second-order valence-electron chi connectivity index (χ2n) is 7.04. The van der Waals surface area contributed by atoms with Crippen molar-refractivity contribution in [3.63, 3.8) is 0 Å². The molecule has 10 heteroatoms. The fourth-order valence-corrected chi connectivity index (χ4v) is 4.79. The summed E-state index contributed by atoms with van der Waals surface area (Å²) in [5, 5.41) is 0. The van der Waals surface area contributed by atoms with E-state index in [-0.39, 0.29) is 15.8 Å². The number of carbonyl (C=O) groups is 1. The first-order valence-electron chi connectivity index (χ1n) is 8.62. The average molecular weight is 443 g/mol. The molecule has 160 valence electrons. The van der Waals surface area contributed by atoms with E-state index >= 15 is 0 Å². The number of hydrogen-bond donors (Lipinski definition) is 2. The Hall–Kier alpha value is -2.27. The fourth-order valence-electron chi connectivity index (χ4n) is 1.83. The lowest BCUT2D eigenvalue weighted by Crippen LogP contribution is -2.35. The first-order chi connectivity index (χ1) is 13.2. The van der Waals surface area contributed by atoms with Crippen molar-refractivity contribution < 1.29 is 26.4 Å². The van der Waals surface area contributed by atoms with Gasteiger partial charge < -0.3 is 10.5 Å². The Labute approximate surface area is 172 Å². The van der Waals surface area contributed by atoms with E-state index in [2.05, 4.69) is 0 Å². The highest BCUT2D eigenvalue weighted by Gasteiger charge is 2.24. The van der Waals surface area contributed by atoms with E-state index in [0.29, 0.717) is 0 Å². The SMILES string of the molecule is CC(N)C(=O)OC(C)(C)C.O=S(=O)(NS(=O)(=O)c1ccccc1)c1ccccc1. The van der Waals surface area contributed by atoms with Gasteiger partial charge in [-0.25, -0.2) is 16.8 Å². The van der Waals surface area contributed by atoms with Crippen LogP contribution in [0.2, 0.25) is 0 Å². The molecule has 0 aliphatic rings. The summed E-state index contributed by atoms with van der Waals surface area (Å²) in [5.41, 5.74) is 4.84. The third-order valence-electron chi connectivity index (χ3n) is 3.10. The van der Waals surface area contributed by atoms with Crippen molar-refractivity contribution in [1.29, 1.82) is 0 Å². The van der Waals surface area contributed by atoms with Crippen LogP contribution in [0.25, 0.3) is 0 Å². The van der Waals surface area contributed by atoms with Gasteiger partial charge in [0.05, 0.1) is 9.79 Å². The van der Waals surface area contributed by atoms with Crippen LogP contribution in [0.15, 0.2) is 70.5 Å². The topological polar surface area (TPSA) is 133 Å². The smallest absolute Gasteiger partial charge is 0.323 e. The van der Waals surface area contributed by atoms with Gasteiger partial charge >= 0.3 is 5.97 Å². The number of hydrogen-bond acceptors (Lipinski definition) is 7. The zero-order chi connectivity index (χ0) is 22.3. The van der Waals surface area contributed by atoms with E-state index in [4.69, 9.17) is 10.5 Å². The monoisotopic (exact) mass is 442 g/mol. The summed E-state index contributed by atoms with van der Waals surface area (Å²) < 4.78 is 54.4. The van der Waals surface area contributed by atoms with Crippen LogP contribution in [-0.2, 0) is 29.6 Å². The van der Waals surface area contributed by atoms with Crippen LogP contribution in [-0.4, -0.2) is 34.4 Å². The van der Waals surface area contributed by atoms with Crippen LogP contribution in [0.1, 0.15) is 27.7 Å². The molecule has 8 nitrogen and oxygen atoms in total. The summed E-state index contributed by atoms with van der Waals surface area (Å²) in [4.78, 5) is 10.6. The van der Waals surface area contributed by atoms with Crippen LogP contribution in [0, 0.1) is 0 Å². The van der Waals surface area contributed by atoms with Gasteiger partial charge in [-0.3, -0.25) is 4.79 Å². The molecule has 0 aliphatic carbocycles. The van der Waals surface area contributed by atoms with Gasteiger partial charge in [0.2, 0.25) is 0 Å². The summed E-state index contributed by atoms with van der Waals surface area (Å²) in [5.74, 6) is -0.354. The number of nitrogens with two attached hydrogens (primary N) is 1. The molecular formula is C19H26N2O6S2. The molecule has 0 bridgehead atoms. The van der Waals surface area contributed by atoms with E-state index in [0.717, 1.165) is 0 Å². The van der Waals surface area contributed by atoms with Gasteiger partial charge in [0.15, 0.2) is 0 Å². The van der Waals surface area contributed by atoms with Crippen molar-refractivity contribution >= 4 is 26.0 Å². The summed E-state index contributed by atoms with van der Waals surface area (Å²) in [6.07, 6.45) is 0. The van der Waals surface area contributed by atoms with Crippen molar-refractivity contribution in [3.05, 3.63) is 60.7 Å². The normalized spacial score (nSPS) is 13.0. The number of esters is 1. The van der Waals surface area contributed by atoms with Crippen molar-refractivity contribution in [3.8, 4) is 0 Å². The van der Waals surface area contributed by atoms with E-state index < -0.39 is 31.7 Å². The number of sulfonamides is 2. The molecule has 29 heavy (non-hydrogen) atoms. The maximum absolute atomic E-state index is 11.9. The van der Waals surface area contributed by atoms with Gasteiger partial charge in [-0.15, -0.1) is 4.13 Å². The maximum Gasteiger partial charge on any atom is 0.323 e.